The predicted octanol–water partition coefficient (Wildman–Crippen LogP) is 3.42. The Balaban J connectivity index is 2.17. The molecule has 2 aromatic carbocycles. The SMILES string of the molecule is CCC(O)CC(O)Cc1ccccc1-c1ccccc1. The lowest BCUT2D eigenvalue weighted by Gasteiger charge is -2.16. The molecule has 0 amide bonds. The smallest absolute Gasteiger partial charge is 0.0605 e. The van der Waals surface area contributed by atoms with Crippen LogP contribution in [0.15, 0.2) is 54.6 Å². The molecule has 0 aliphatic rings. The van der Waals surface area contributed by atoms with Crippen molar-refractivity contribution in [3.05, 3.63) is 60.2 Å². The lowest BCUT2D eigenvalue weighted by Crippen LogP contribution is -2.19. The summed E-state index contributed by atoms with van der Waals surface area (Å²) in [6, 6.07) is 18.3. The van der Waals surface area contributed by atoms with Crippen LogP contribution in [-0.4, -0.2) is 22.4 Å². The maximum Gasteiger partial charge on any atom is 0.0605 e. The number of benzene rings is 2. The fourth-order valence-electron chi connectivity index (χ4n) is 2.42. The normalized spacial score (nSPS) is 13.9. The fraction of sp³-hybridized carbons (Fsp3) is 0.333. The minimum absolute atomic E-state index is 0.422. The number of hydrogen-bond acceptors (Lipinski definition) is 2. The van der Waals surface area contributed by atoms with Crippen LogP contribution in [-0.2, 0) is 6.42 Å². The van der Waals surface area contributed by atoms with E-state index in [2.05, 4.69) is 18.2 Å². The van der Waals surface area contributed by atoms with Crippen LogP contribution in [0.3, 0.4) is 0 Å². The lowest BCUT2D eigenvalue weighted by atomic mass is 9.94. The van der Waals surface area contributed by atoms with Gasteiger partial charge in [0.05, 0.1) is 12.2 Å². The van der Waals surface area contributed by atoms with Gasteiger partial charge in [0.15, 0.2) is 0 Å². The van der Waals surface area contributed by atoms with Gasteiger partial charge in [-0.25, -0.2) is 0 Å². The van der Waals surface area contributed by atoms with Crippen molar-refractivity contribution in [1.29, 1.82) is 0 Å². The van der Waals surface area contributed by atoms with E-state index in [1.165, 1.54) is 0 Å². The van der Waals surface area contributed by atoms with Crippen LogP contribution < -0.4 is 0 Å². The van der Waals surface area contributed by atoms with E-state index < -0.39 is 12.2 Å². The molecule has 2 atom stereocenters. The monoisotopic (exact) mass is 270 g/mol. The van der Waals surface area contributed by atoms with Gasteiger partial charge in [-0.2, -0.15) is 0 Å². The molecule has 0 radical (unpaired) electrons. The second kappa shape index (κ2) is 7.22. The summed E-state index contributed by atoms with van der Waals surface area (Å²) >= 11 is 0. The first-order valence-electron chi connectivity index (χ1n) is 7.20. The summed E-state index contributed by atoms with van der Waals surface area (Å²) in [7, 11) is 0. The summed E-state index contributed by atoms with van der Waals surface area (Å²) < 4.78 is 0. The summed E-state index contributed by atoms with van der Waals surface area (Å²) in [5, 5.41) is 19.7. The zero-order chi connectivity index (χ0) is 14.4. The van der Waals surface area contributed by atoms with Crippen molar-refractivity contribution >= 4 is 0 Å². The van der Waals surface area contributed by atoms with E-state index >= 15 is 0 Å². The van der Waals surface area contributed by atoms with Crippen LogP contribution in [0.25, 0.3) is 11.1 Å². The first-order chi connectivity index (χ1) is 9.70. The Labute approximate surface area is 120 Å². The lowest BCUT2D eigenvalue weighted by molar-refractivity contribution is 0.0788. The zero-order valence-corrected chi connectivity index (χ0v) is 11.9. The van der Waals surface area contributed by atoms with Crippen LogP contribution >= 0.6 is 0 Å². The highest BCUT2D eigenvalue weighted by Gasteiger charge is 2.13. The van der Waals surface area contributed by atoms with E-state index in [-0.39, 0.29) is 0 Å². The quantitative estimate of drug-likeness (QED) is 0.844. The molecule has 20 heavy (non-hydrogen) atoms. The van der Waals surface area contributed by atoms with Crippen molar-refractivity contribution < 1.29 is 10.2 Å². The van der Waals surface area contributed by atoms with Crippen LogP contribution in [0.5, 0.6) is 0 Å². The van der Waals surface area contributed by atoms with E-state index in [0.29, 0.717) is 19.3 Å². The van der Waals surface area contributed by atoms with Crippen LogP contribution in [0, 0.1) is 0 Å². The highest BCUT2D eigenvalue weighted by atomic mass is 16.3. The van der Waals surface area contributed by atoms with Gasteiger partial charge < -0.3 is 10.2 Å². The third-order valence-electron chi connectivity index (χ3n) is 3.57. The molecule has 106 valence electrons. The van der Waals surface area contributed by atoms with Crippen molar-refractivity contribution in [3.8, 4) is 11.1 Å². The van der Waals surface area contributed by atoms with E-state index in [0.717, 1.165) is 16.7 Å². The Morgan fingerprint density at radius 3 is 2.20 bits per heavy atom. The highest BCUT2D eigenvalue weighted by Crippen LogP contribution is 2.25. The molecule has 2 aromatic rings. The Kier molecular flexibility index (Phi) is 5.33. The van der Waals surface area contributed by atoms with Gasteiger partial charge in [0.1, 0.15) is 0 Å². The van der Waals surface area contributed by atoms with Gasteiger partial charge in [-0.1, -0.05) is 61.5 Å². The van der Waals surface area contributed by atoms with Gasteiger partial charge >= 0.3 is 0 Å². The predicted molar refractivity (Wildman–Crippen MR) is 82.5 cm³/mol. The zero-order valence-electron chi connectivity index (χ0n) is 11.9. The summed E-state index contributed by atoms with van der Waals surface area (Å²) in [5.41, 5.74) is 3.43. The van der Waals surface area contributed by atoms with Gasteiger partial charge in [0.25, 0.3) is 0 Å². The van der Waals surface area contributed by atoms with Gasteiger partial charge in [-0.3, -0.25) is 0 Å². The van der Waals surface area contributed by atoms with Gasteiger partial charge in [-0.05, 0) is 36.0 Å². The van der Waals surface area contributed by atoms with Gasteiger partial charge in [-0.15, -0.1) is 0 Å². The molecule has 2 rings (SSSR count). The molecule has 2 unspecified atom stereocenters. The minimum Gasteiger partial charge on any atom is -0.393 e. The number of hydrogen-bond donors (Lipinski definition) is 2. The average Bonchev–Trinajstić information content (AvgIpc) is 2.48. The summed E-state index contributed by atoms with van der Waals surface area (Å²) in [4.78, 5) is 0. The summed E-state index contributed by atoms with van der Waals surface area (Å²) in [6.07, 6.45) is 0.753. The molecule has 2 nitrogen and oxygen atoms in total. The highest BCUT2D eigenvalue weighted by molar-refractivity contribution is 5.67. The summed E-state index contributed by atoms with van der Waals surface area (Å²) in [5.74, 6) is 0. The maximum atomic E-state index is 10.1. The van der Waals surface area contributed by atoms with Crippen molar-refractivity contribution in [1.82, 2.24) is 0 Å². The van der Waals surface area contributed by atoms with Crippen molar-refractivity contribution in [2.24, 2.45) is 0 Å². The molecule has 0 aliphatic carbocycles. The number of aliphatic hydroxyl groups excluding tert-OH is 2. The molecule has 2 N–H and O–H groups in total. The number of rotatable bonds is 6. The molecule has 0 aromatic heterocycles. The summed E-state index contributed by atoms with van der Waals surface area (Å²) in [6.45, 7) is 1.93. The van der Waals surface area contributed by atoms with Crippen LogP contribution in [0.1, 0.15) is 25.3 Å². The van der Waals surface area contributed by atoms with Crippen molar-refractivity contribution in [2.45, 2.75) is 38.4 Å². The van der Waals surface area contributed by atoms with Crippen molar-refractivity contribution in [2.75, 3.05) is 0 Å². The topological polar surface area (TPSA) is 40.5 Å². The third kappa shape index (κ3) is 3.92. The largest absolute Gasteiger partial charge is 0.393 e. The molecular weight excluding hydrogens is 248 g/mol. The number of aliphatic hydroxyl groups is 2. The Morgan fingerprint density at radius 1 is 0.850 bits per heavy atom. The first-order valence-corrected chi connectivity index (χ1v) is 7.20. The van der Waals surface area contributed by atoms with Gasteiger partial charge in [0.2, 0.25) is 0 Å². The average molecular weight is 270 g/mol. The third-order valence-corrected chi connectivity index (χ3v) is 3.57. The standard InChI is InChI=1S/C18H22O2/c1-2-16(19)13-17(20)12-15-10-6-7-11-18(15)14-8-4-3-5-9-14/h3-11,16-17,19-20H,2,12-13H2,1H3. The second-order valence-electron chi connectivity index (χ2n) is 5.18. The van der Waals surface area contributed by atoms with Crippen LogP contribution in [0.4, 0.5) is 0 Å². The second-order valence-corrected chi connectivity index (χ2v) is 5.18. The molecular formula is C18H22O2. The van der Waals surface area contributed by atoms with E-state index in [9.17, 15) is 10.2 Å². The molecule has 0 saturated heterocycles. The molecule has 2 heteroatoms. The fourth-order valence-corrected chi connectivity index (χ4v) is 2.42. The van der Waals surface area contributed by atoms with E-state index in [1.54, 1.807) is 0 Å². The molecule has 0 aliphatic heterocycles. The Hall–Kier alpha value is -1.64. The molecule has 0 spiro atoms. The Bertz CT molecular complexity index is 522. The van der Waals surface area contributed by atoms with Crippen molar-refractivity contribution in [3.63, 3.8) is 0 Å². The van der Waals surface area contributed by atoms with Gasteiger partial charge in [0, 0.05) is 0 Å². The van der Waals surface area contributed by atoms with E-state index in [4.69, 9.17) is 0 Å². The molecule has 0 heterocycles. The molecule has 0 saturated carbocycles. The maximum absolute atomic E-state index is 10.1. The minimum atomic E-state index is -0.505. The van der Waals surface area contributed by atoms with Crippen LogP contribution in [0.2, 0.25) is 0 Å². The first kappa shape index (κ1) is 14.8. The Morgan fingerprint density at radius 2 is 1.50 bits per heavy atom. The van der Waals surface area contributed by atoms with E-state index in [1.807, 2.05) is 43.3 Å². The molecule has 0 fully saturated rings. The molecule has 0 bridgehead atoms.